The first-order valence-electron chi connectivity index (χ1n) is 6.75. The molecule has 0 aliphatic carbocycles. The third-order valence-electron chi connectivity index (χ3n) is 3.33. The van der Waals surface area contributed by atoms with Crippen LogP contribution >= 0.6 is 11.3 Å². The largest absolute Gasteiger partial charge is 0.368 e. The Hall–Kier alpha value is -1.47. The van der Waals surface area contributed by atoms with E-state index in [1.807, 2.05) is 12.3 Å². The molecule has 0 radical (unpaired) electrons. The lowest BCUT2D eigenvalue weighted by Gasteiger charge is -2.32. The third-order valence-corrected chi connectivity index (χ3v) is 4.38. The molecule has 0 bridgehead atoms. The Bertz CT molecular complexity index is 516. The lowest BCUT2D eigenvalue weighted by atomic mass is 10.0. The second-order valence-corrected chi connectivity index (χ2v) is 5.86. The van der Waals surface area contributed by atoms with E-state index in [9.17, 15) is 0 Å². The minimum Gasteiger partial charge on any atom is -0.368 e. The quantitative estimate of drug-likeness (QED) is 0.831. The smallest absolute Gasteiger partial charge is 0.123 e. The molecule has 6 heteroatoms. The van der Waals surface area contributed by atoms with Crippen LogP contribution in [0.5, 0.6) is 0 Å². The first kappa shape index (κ1) is 14.9. The van der Waals surface area contributed by atoms with Gasteiger partial charge < -0.3 is 4.74 Å². The number of aryl methyl sites for hydroxylation is 1. The minimum atomic E-state index is -0.0774. The maximum absolute atomic E-state index is 9.14. The first-order valence-corrected chi connectivity index (χ1v) is 7.63. The van der Waals surface area contributed by atoms with Crippen molar-refractivity contribution < 1.29 is 4.74 Å². The van der Waals surface area contributed by atoms with Crippen molar-refractivity contribution in [2.24, 2.45) is 5.92 Å². The van der Waals surface area contributed by atoms with Crippen LogP contribution in [0.25, 0.3) is 0 Å². The van der Waals surface area contributed by atoms with Gasteiger partial charge in [-0.05, 0) is 13.3 Å². The van der Waals surface area contributed by atoms with Gasteiger partial charge in [0, 0.05) is 37.1 Å². The molecule has 2 heterocycles. The zero-order chi connectivity index (χ0) is 14.4. The van der Waals surface area contributed by atoms with Crippen molar-refractivity contribution in [3.8, 4) is 12.1 Å². The highest BCUT2D eigenvalue weighted by Crippen LogP contribution is 2.25. The Morgan fingerprint density at radius 2 is 2.45 bits per heavy atom. The van der Waals surface area contributed by atoms with Gasteiger partial charge in [-0.15, -0.1) is 11.3 Å². The number of rotatable bonds is 5. The topological polar surface area (TPSA) is 72.9 Å². The Balaban J connectivity index is 1.90. The summed E-state index contributed by atoms with van der Waals surface area (Å²) >= 11 is 1.63. The molecule has 0 aromatic carbocycles. The number of thiazole rings is 1. The van der Waals surface area contributed by atoms with E-state index in [1.54, 1.807) is 11.3 Å². The molecule has 0 spiro atoms. The van der Waals surface area contributed by atoms with Crippen LogP contribution in [0.15, 0.2) is 5.38 Å². The zero-order valence-corrected chi connectivity index (χ0v) is 12.4. The van der Waals surface area contributed by atoms with Gasteiger partial charge in [0.15, 0.2) is 0 Å². The van der Waals surface area contributed by atoms with E-state index in [4.69, 9.17) is 15.3 Å². The van der Waals surface area contributed by atoms with Crippen LogP contribution in [0.2, 0.25) is 0 Å². The van der Waals surface area contributed by atoms with E-state index in [2.05, 4.69) is 22.0 Å². The van der Waals surface area contributed by atoms with Gasteiger partial charge >= 0.3 is 0 Å². The lowest BCUT2D eigenvalue weighted by Crippen LogP contribution is -2.40. The highest BCUT2D eigenvalue weighted by molar-refractivity contribution is 7.09. The van der Waals surface area contributed by atoms with Gasteiger partial charge in [-0.3, -0.25) is 4.90 Å². The van der Waals surface area contributed by atoms with Gasteiger partial charge in [0.05, 0.1) is 24.7 Å². The zero-order valence-electron chi connectivity index (χ0n) is 11.6. The van der Waals surface area contributed by atoms with Crippen molar-refractivity contribution in [1.29, 1.82) is 10.5 Å². The minimum absolute atomic E-state index is 0.0118. The summed E-state index contributed by atoms with van der Waals surface area (Å²) in [5, 5.41) is 20.8. The van der Waals surface area contributed by atoms with Gasteiger partial charge in [0.2, 0.25) is 0 Å². The molecule has 1 aromatic heterocycles. The second kappa shape index (κ2) is 7.35. The summed E-state index contributed by atoms with van der Waals surface area (Å²) in [7, 11) is 0. The molecule has 2 rings (SSSR count). The molecule has 20 heavy (non-hydrogen) atoms. The molecule has 0 amide bonds. The Morgan fingerprint density at radius 3 is 3.10 bits per heavy atom. The first-order chi connectivity index (χ1) is 9.72. The molecule has 106 valence electrons. The van der Waals surface area contributed by atoms with Crippen LogP contribution in [-0.2, 0) is 4.74 Å². The standard InChI is InChI=1S/C14H18N4OS/c1-11-10-20-14(17-11)13-9-18(5-6-19-13)8-12(7-16)3-2-4-15/h10,12-13H,2-3,5-6,8-9H2,1H3. The fourth-order valence-corrected chi connectivity index (χ4v) is 3.12. The molecular weight excluding hydrogens is 272 g/mol. The van der Waals surface area contributed by atoms with Crippen molar-refractivity contribution in [3.05, 3.63) is 16.1 Å². The summed E-state index contributed by atoms with van der Waals surface area (Å²) in [6.45, 7) is 4.97. The highest BCUT2D eigenvalue weighted by Gasteiger charge is 2.25. The average molecular weight is 290 g/mol. The van der Waals surface area contributed by atoms with Gasteiger partial charge in [0.1, 0.15) is 11.1 Å². The van der Waals surface area contributed by atoms with Crippen LogP contribution in [0, 0.1) is 35.5 Å². The summed E-state index contributed by atoms with van der Waals surface area (Å²) < 4.78 is 5.77. The van der Waals surface area contributed by atoms with Gasteiger partial charge in [-0.1, -0.05) is 0 Å². The summed E-state index contributed by atoms with van der Waals surface area (Å²) in [5.74, 6) is -0.0774. The average Bonchev–Trinajstić information content (AvgIpc) is 2.90. The summed E-state index contributed by atoms with van der Waals surface area (Å²) in [5.41, 5.74) is 1.02. The Kier molecular flexibility index (Phi) is 5.49. The third kappa shape index (κ3) is 4.01. The fraction of sp³-hybridized carbons (Fsp3) is 0.643. The van der Waals surface area contributed by atoms with E-state index >= 15 is 0 Å². The molecule has 0 N–H and O–H groups in total. The van der Waals surface area contributed by atoms with Crippen LogP contribution < -0.4 is 0 Å². The second-order valence-electron chi connectivity index (χ2n) is 4.97. The predicted octanol–water partition coefficient (Wildman–Crippen LogP) is 2.27. The molecule has 2 unspecified atom stereocenters. The summed E-state index contributed by atoms with van der Waals surface area (Å²) in [6.07, 6.45) is 1.10. The number of nitriles is 2. The number of morpholine rings is 1. The molecule has 2 atom stereocenters. The summed E-state index contributed by atoms with van der Waals surface area (Å²) in [6, 6.07) is 4.40. The van der Waals surface area contributed by atoms with Crippen molar-refractivity contribution in [2.75, 3.05) is 26.2 Å². The number of nitrogens with zero attached hydrogens (tertiary/aromatic N) is 4. The van der Waals surface area contributed by atoms with Gasteiger partial charge in [-0.2, -0.15) is 10.5 Å². The van der Waals surface area contributed by atoms with Crippen LogP contribution in [0.4, 0.5) is 0 Å². The molecule has 5 nitrogen and oxygen atoms in total. The Labute approximate surface area is 123 Å². The number of hydrogen-bond acceptors (Lipinski definition) is 6. The van der Waals surface area contributed by atoms with Crippen molar-refractivity contribution in [2.45, 2.75) is 25.9 Å². The lowest BCUT2D eigenvalue weighted by molar-refractivity contribution is -0.0329. The Morgan fingerprint density at radius 1 is 1.60 bits per heavy atom. The monoisotopic (exact) mass is 290 g/mol. The van der Waals surface area contributed by atoms with Crippen LogP contribution in [0.3, 0.4) is 0 Å². The van der Waals surface area contributed by atoms with Crippen LogP contribution in [0.1, 0.15) is 29.6 Å². The predicted molar refractivity (Wildman–Crippen MR) is 75.9 cm³/mol. The molecular formula is C14H18N4OS. The van der Waals surface area contributed by atoms with E-state index < -0.39 is 0 Å². The molecule has 1 fully saturated rings. The van der Waals surface area contributed by atoms with Crippen molar-refractivity contribution >= 4 is 11.3 Å². The molecule has 1 aromatic rings. The SMILES string of the molecule is Cc1csc(C2CN(CC(C#N)CCC#N)CCO2)n1. The molecule has 0 saturated carbocycles. The van der Waals surface area contributed by atoms with E-state index in [0.29, 0.717) is 26.0 Å². The maximum Gasteiger partial charge on any atom is 0.123 e. The van der Waals surface area contributed by atoms with Gasteiger partial charge in [-0.25, -0.2) is 4.98 Å². The highest BCUT2D eigenvalue weighted by atomic mass is 32.1. The molecule has 1 saturated heterocycles. The van der Waals surface area contributed by atoms with Crippen LogP contribution in [-0.4, -0.2) is 36.1 Å². The van der Waals surface area contributed by atoms with Crippen molar-refractivity contribution in [3.63, 3.8) is 0 Å². The number of ether oxygens (including phenoxy) is 1. The fourth-order valence-electron chi connectivity index (χ4n) is 2.28. The number of aromatic nitrogens is 1. The van der Waals surface area contributed by atoms with E-state index in [0.717, 1.165) is 23.8 Å². The number of hydrogen-bond donors (Lipinski definition) is 0. The van der Waals surface area contributed by atoms with E-state index in [-0.39, 0.29) is 12.0 Å². The molecule has 1 aliphatic heterocycles. The van der Waals surface area contributed by atoms with E-state index in [1.165, 1.54) is 0 Å². The molecule has 1 aliphatic rings. The van der Waals surface area contributed by atoms with Gasteiger partial charge in [0.25, 0.3) is 0 Å². The normalized spacial score (nSPS) is 21.1. The summed E-state index contributed by atoms with van der Waals surface area (Å²) in [4.78, 5) is 6.72. The maximum atomic E-state index is 9.14. The van der Waals surface area contributed by atoms with Crippen molar-refractivity contribution in [1.82, 2.24) is 9.88 Å².